The van der Waals surface area contributed by atoms with Crippen LogP contribution < -0.4 is 34.7 Å². The summed E-state index contributed by atoms with van der Waals surface area (Å²) >= 11 is 0. The smallest absolute Gasteiger partial charge is 0.165 e. The van der Waals surface area contributed by atoms with Crippen LogP contribution in [0.1, 0.15) is 6.42 Å². The number of benzene rings is 2. The van der Waals surface area contributed by atoms with Crippen molar-refractivity contribution in [2.75, 3.05) is 46.3 Å². The number of hydrogen-bond acceptors (Lipinski definition) is 7. The van der Waals surface area contributed by atoms with Gasteiger partial charge in [0.2, 0.25) is 0 Å². The molecule has 7 nitrogen and oxygen atoms in total. The molecular formula is C20H26N2O5. The second-order valence-corrected chi connectivity index (χ2v) is 6.18. The third kappa shape index (κ3) is 5.10. The number of rotatable bonds is 9. The molecule has 3 N–H and O–H groups in total. The van der Waals surface area contributed by atoms with Gasteiger partial charge in [-0.2, -0.15) is 0 Å². The Labute approximate surface area is 159 Å². The van der Waals surface area contributed by atoms with Gasteiger partial charge >= 0.3 is 0 Å². The lowest BCUT2D eigenvalue weighted by molar-refractivity contribution is 0.0893. The molecule has 0 saturated carbocycles. The topological polar surface area (TPSA) is 84.2 Å². The average molecular weight is 374 g/mol. The summed E-state index contributed by atoms with van der Waals surface area (Å²) < 4.78 is 28.0. The fraction of sp³-hybridized carbons (Fsp3) is 0.400. The minimum absolute atomic E-state index is 0.0644. The molecule has 1 atom stereocenters. The van der Waals surface area contributed by atoms with Crippen LogP contribution in [0.25, 0.3) is 0 Å². The van der Waals surface area contributed by atoms with Crippen molar-refractivity contribution < 1.29 is 23.7 Å². The molecule has 0 spiro atoms. The number of nitrogens with one attached hydrogen (secondary N) is 1. The first-order valence-electron chi connectivity index (χ1n) is 8.94. The van der Waals surface area contributed by atoms with E-state index in [0.717, 1.165) is 18.7 Å². The molecule has 0 radical (unpaired) electrons. The zero-order valence-electron chi connectivity index (χ0n) is 15.7. The Morgan fingerprint density at radius 1 is 1.11 bits per heavy atom. The molecule has 7 heteroatoms. The Balaban J connectivity index is 1.39. The van der Waals surface area contributed by atoms with Crippen LogP contribution in [0.3, 0.4) is 0 Å². The molecule has 1 aliphatic rings. The number of hydrogen-bond donors (Lipinski definition) is 2. The highest BCUT2D eigenvalue weighted by molar-refractivity contribution is 5.55. The van der Waals surface area contributed by atoms with Crippen LogP contribution in [-0.4, -0.2) is 46.6 Å². The summed E-state index contributed by atoms with van der Waals surface area (Å²) in [5.74, 6) is 3.36. The standard InChI is InChI=1S/C20H26N2O5/c1-23-17-10-19-20(11-18(17)24-2)27-16(13-26-19)12-22-7-4-8-25-15-6-3-5-14(21)9-15/h3,5-6,9-11,16,22H,4,7-8,12-13,21H2,1-2H3. The van der Waals surface area contributed by atoms with E-state index in [4.69, 9.17) is 29.4 Å². The fourth-order valence-corrected chi connectivity index (χ4v) is 2.80. The van der Waals surface area contributed by atoms with Gasteiger partial charge in [-0.25, -0.2) is 0 Å². The van der Waals surface area contributed by atoms with E-state index < -0.39 is 0 Å². The average Bonchev–Trinajstić information content (AvgIpc) is 2.69. The van der Waals surface area contributed by atoms with Crippen LogP contribution in [0.15, 0.2) is 36.4 Å². The normalized spacial score (nSPS) is 15.3. The minimum atomic E-state index is -0.0644. The van der Waals surface area contributed by atoms with Gasteiger partial charge in [0.15, 0.2) is 23.0 Å². The highest BCUT2D eigenvalue weighted by atomic mass is 16.6. The van der Waals surface area contributed by atoms with E-state index in [1.54, 1.807) is 26.4 Å². The first-order valence-corrected chi connectivity index (χ1v) is 8.94. The molecule has 2 aromatic carbocycles. The summed E-state index contributed by atoms with van der Waals surface area (Å²) in [6, 6.07) is 11.0. The zero-order valence-corrected chi connectivity index (χ0v) is 15.7. The largest absolute Gasteiger partial charge is 0.493 e. The molecule has 3 rings (SSSR count). The predicted octanol–water partition coefficient (Wildman–Crippen LogP) is 2.48. The molecule has 0 aliphatic carbocycles. The molecule has 0 bridgehead atoms. The first-order chi connectivity index (χ1) is 13.2. The van der Waals surface area contributed by atoms with Crippen LogP contribution >= 0.6 is 0 Å². The monoisotopic (exact) mass is 374 g/mol. The molecule has 146 valence electrons. The van der Waals surface area contributed by atoms with Crippen LogP contribution in [0.5, 0.6) is 28.7 Å². The Kier molecular flexibility index (Phi) is 6.49. The molecule has 0 saturated heterocycles. The lowest BCUT2D eigenvalue weighted by atomic mass is 10.2. The molecule has 0 fully saturated rings. The molecule has 27 heavy (non-hydrogen) atoms. The number of anilines is 1. The number of nitrogen functional groups attached to an aromatic ring is 1. The van der Waals surface area contributed by atoms with Crippen molar-refractivity contribution in [2.45, 2.75) is 12.5 Å². The highest BCUT2D eigenvalue weighted by Gasteiger charge is 2.23. The zero-order chi connectivity index (χ0) is 19.1. The Hall–Kier alpha value is -2.80. The van der Waals surface area contributed by atoms with Gasteiger partial charge in [0, 0.05) is 30.4 Å². The van der Waals surface area contributed by atoms with Crippen molar-refractivity contribution in [2.24, 2.45) is 0 Å². The Bertz CT molecular complexity index is 753. The van der Waals surface area contributed by atoms with Gasteiger partial charge in [0.25, 0.3) is 0 Å². The van der Waals surface area contributed by atoms with Crippen molar-refractivity contribution >= 4 is 5.69 Å². The molecule has 1 unspecified atom stereocenters. The Morgan fingerprint density at radius 3 is 2.63 bits per heavy atom. The summed E-state index contributed by atoms with van der Waals surface area (Å²) in [4.78, 5) is 0. The predicted molar refractivity (Wildman–Crippen MR) is 103 cm³/mol. The molecule has 2 aromatic rings. The second kappa shape index (κ2) is 9.23. The van der Waals surface area contributed by atoms with Crippen LogP contribution in [0.2, 0.25) is 0 Å². The van der Waals surface area contributed by atoms with Crippen LogP contribution in [0.4, 0.5) is 5.69 Å². The molecular weight excluding hydrogens is 348 g/mol. The number of fused-ring (bicyclic) bond motifs is 1. The SMILES string of the molecule is COc1cc2c(cc1OC)OC(CNCCCOc1cccc(N)c1)CO2. The lowest BCUT2D eigenvalue weighted by Gasteiger charge is -2.27. The Morgan fingerprint density at radius 2 is 1.89 bits per heavy atom. The highest BCUT2D eigenvalue weighted by Crippen LogP contribution is 2.41. The second-order valence-electron chi connectivity index (χ2n) is 6.18. The van der Waals surface area contributed by atoms with E-state index >= 15 is 0 Å². The summed E-state index contributed by atoms with van der Waals surface area (Å²) in [5, 5.41) is 3.37. The lowest BCUT2D eigenvalue weighted by Crippen LogP contribution is -2.39. The van der Waals surface area contributed by atoms with Gasteiger partial charge in [0.1, 0.15) is 18.5 Å². The molecule has 1 heterocycles. The first kappa shape index (κ1) is 19.0. The van der Waals surface area contributed by atoms with Gasteiger partial charge in [-0.1, -0.05) is 6.07 Å². The summed E-state index contributed by atoms with van der Waals surface area (Å²) in [6.45, 7) is 2.61. The van der Waals surface area contributed by atoms with E-state index in [2.05, 4.69) is 5.32 Å². The van der Waals surface area contributed by atoms with E-state index in [9.17, 15) is 0 Å². The van der Waals surface area contributed by atoms with E-state index in [1.807, 2.05) is 24.3 Å². The van der Waals surface area contributed by atoms with Gasteiger partial charge in [0.05, 0.1) is 20.8 Å². The van der Waals surface area contributed by atoms with Gasteiger partial charge in [-0.15, -0.1) is 0 Å². The summed E-state index contributed by atoms with van der Waals surface area (Å²) in [7, 11) is 3.19. The quantitative estimate of drug-likeness (QED) is 0.515. The van der Waals surface area contributed by atoms with Crippen molar-refractivity contribution in [3.05, 3.63) is 36.4 Å². The maximum Gasteiger partial charge on any atom is 0.165 e. The van der Waals surface area contributed by atoms with E-state index in [1.165, 1.54) is 0 Å². The van der Waals surface area contributed by atoms with Crippen molar-refractivity contribution in [1.82, 2.24) is 5.32 Å². The van der Waals surface area contributed by atoms with Crippen molar-refractivity contribution in [1.29, 1.82) is 0 Å². The van der Waals surface area contributed by atoms with Crippen LogP contribution in [-0.2, 0) is 0 Å². The minimum Gasteiger partial charge on any atom is -0.493 e. The van der Waals surface area contributed by atoms with Gasteiger partial charge in [-0.05, 0) is 25.1 Å². The third-order valence-electron chi connectivity index (χ3n) is 4.16. The van der Waals surface area contributed by atoms with Gasteiger partial charge in [-0.3, -0.25) is 0 Å². The molecule has 0 amide bonds. The fourth-order valence-electron chi connectivity index (χ4n) is 2.80. The van der Waals surface area contributed by atoms with Crippen molar-refractivity contribution in [3.8, 4) is 28.7 Å². The molecule has 1 aliphatic heterocycles. The summed E-state index contributed by atoms with van der Waals surface area (Å²) in [6.07, 6.45) is 0.815. The van der Waals surface area contributed by atoms with E-state index in [0.29, 0.717) is 48.4 Å². The molecule has 0 aromatic heterocycles. The van der Waals surface area contributed by atoms with Crippen molar-refractivity contribution in [3.63, 3.8) is 0 Å². The van der Waals surface area contributed by atoms with E-state index in [-0.39, 0.29) is 6.10 Å². The van der Waals surface area contributed by atoms with Gasteiger partial charge < -0.3 is 34.7 Å². The number of nitrogens with two attached hydrogens (primary N) is 1. The number of methoxy groups -OCH3 is 2. The van der Waals surface area contributed by atoms with Crippen LogP contribution in [0, 0.1) is 0 Å². The number of ether oxygens (including phenoxy) is 5. The maximum atomic E-state index is 5.99. The maximum absolute atomic E-state index is 5.99. The summed E-state index contributed by atoms with van der Waals surface area (Å²) in [5.41, 5.74) is 6.43. The third-order valence-corrected chi connectivity index (χ3v) is 4.16.